The minimum atomic E-state index is -0.0275. The SMILES string of the molecule is CCN(CC)C(=O)c1csc(CSc2nnc(-c3cccc(OC)c3)n2-c2ccccc2)n1. The van der Waals surface area contributed by atoms with Gasteiger partial charge in [0.15, 0.2) is 11.0 Å². The van der Waals surface area contributed by atoms with Crippen LogP contribution in [0.3, 0.4) is 0 Å². The van der Waals surface area contributed by atoms with E-state index in [4.69, 9.17) is 4.74 Å². The van der Waals surface area contributed by atoms with Gasteiger partial charge in [-0.25, -0.2) is 4.98 Å². The van der Waals surface area contributed by atoms with Crippen molar-refractivity contribution < 1.29 is 9.53 Å². The number of methoxy groups -OCH3 is 1. The van der Waals surface area contributed by atoms with Crippen molar-refractivity contribution in [1.29, 1.82) is 0 Å². The molecule has 0 N–H and O–H groups in total. The molecule has 4 rings (SSSR count). The topological polar surface area (TPSA) is 73.1 Å². The van der Waals surface area contributed by atoms with Crippen LogP contribution in [-0.2, 0) is 5.75 Å². The predicted octanol–water partition coefficient (Wildman–Crippen LogP) is 5.17. The second-order valence-electron chi connectivity index (χ2n) is 7.10. The minimum Gasteiger partial charge on any atom is -0.497 e. The zero-order valence-corrected chi connectivity index (χ0v) is 20.4. The second kappa shape index (κ2) is 10.6. The Kier molecular flexibility index (Phi) is 7.41. The summed E-state index contributed by atoms with van der Waals surface area (Å²) in [4.78, 5) is 18.9. The van der Waals surface area contributed by atoms with E-state index in [0.717, 1.165) is 33.0 Å². The van der Waals surface area contributed by atoms with Gasteiger partial charge in [-0.1, -0.05) is 42.1 Å². The molecule has 0 bridgehead atoms. The van der Waals surface area contributed by atoms with Crippen LogP contribution in [0.15, 0.2) is 65.1 Å². The van der Waals surface area contributed by atoms with E-state index in [9.17, 15) is 4.79 Å². The van der Waals surface area contributed by atoms with Crippen LogP contribution in [0, 0.1) is 0 Å². The third-order valence-corrected chi connectivity index (χ3v) is 7.09. The molecule has 0 saturated heterocycles. The molecule has 0 aliphatic carbocycles. The average Bonchev–Trinajstić information content (AvgIpc) is 3.51. The van der Waals surface area contributed by atoms with Crippen LogP contribution in [-0.4, -0.2) is 50.8 Å². The summed E-state index contributed by atoms with van der Waals surface area (Å²) in [5, 5.41) is 12.4. The summed E-state index contributed by atoms with van der Waals surface area (Å²) in [7, 11) is 1.65. The Hall–Kier alpha value is -3.17. The largest absolute Gasteiger partial charge is 0.497 e. The summed E-state index contributed by atoms with van der Waals surface area (Å²) in [6, 6.07) is 17.8. The molecule has 0 aliphatic rings. The first-order valence-corrected chi connectivity index (χ1v) is 12.5. The lowest BCUT2D eigenvalue weighted by atomic mass is 10.2. The molecule has 0 atom stereocenters. The number of nitrogens with zero attached hydrogens (tertiary/aromatic N) is 5. The lowest BCUT2D eigenvalue weighted by Crippen LogP contribution is -2.30. The Balaban J connectivity index is 1.61. The van der Waals surface area contributed by atoms with E-state index in [0.29, 0.717) is 24.5 Å². The maximum atomic E-state index is 12.6. The standard InChI is InChI=1S/C24H25N5O2S2/c1-4-28(5-2)23(30)20-15-32-21(25-20)16-33-24-27-26-22(17-10-9-13-19(14-17)31-3)29(24)18-11-7-6-8-12-18/h6-15H,4-5,16H2,1-3H3. The lowest BCUT2D eigenvalue weighted by molar-refractivity contribution is 0.0768. The molecule has 0 saturated carbocycles. The van der Waals surface area contributed by atoms with Gasteiger partial charge in [-0.05, 0) is 38.1 Å². The molecule has 0 fully saturated rings. The van der Waals surface area contributed by atoms with Gasteiger partial charge in [0.25, 0.3) is 5.91 Å². The number of para-hydroxylation sites is 1. The van der Waals surface area contributed by atoms with Gasteiger partial charge in [-0.3, -0.25) is 9.36 Å². The fourth-order valence-corrected chi connectivity index (χ4v) is 5.13. The van der Waals surface area contributed by atoms with Gasteiger partial charge in [0.1, 0.15) is 16.5 Å². The molecule has 0 radical (unpaired) electrons. The van der Waals surface area contributed by atoms with Crippen molar-refractivity contribution in [3.05, 3.63) is 70.7 Å². The Morgan fingerprint density at radius 1 is 1.09 bits per heavy atom. The highest BCUT2D eigenvalue weighted by Gasteiger charge is 2.19. The maximum Gasteiger partial charge on any atom is 0.273 e. The number of rotatable bonds is 9. The first-order valence-electron chi connectivity index (χ1n) is 10.7. The molecule has 0 unspecified atom stereocenters. The average molecular weight is 480 g/mol. The number of hydrogen-bond acceptors (Lipinski definition) is 7. The molecule has 2 heterocycles. The van der Waals surface area contributed by atoms with Gasteiger partial charge < -0.3 is 9.64 Å². The summed E-state index contributed by atoms with van der Waals surface area (Å²) in [6.07, 6.45) is 0. The maximum absolute atomic E-state index is 12.6. The van der Waals surface area contributed by atoms with E-state index in [-0.39, 0.29) is 5.91 Å². The molecule has 2 aromatic carbocycles. The highest BCUT2D eigenvalue weighted by molar-refractivity contribution is 7.98. The van der Waals surface area contributed by atoms with Gasteiger partial charge in [0.2, 0.25) is 0 Å². The number of hydrogen-bond donors (Lipinski definition) is 0. The highest BCUT2D eigenvalue weighted by Crippen LogP contribution is 2.31. The highest BCUT2D eigenvalue weighted by atomic mass is 32.2. The fraction of sp³-hybridized carbons (Fsp3) is 0.250. The van der Waals surface area contributed by atoms with Crippen molar-refractivity contribution in [2.24, 2.45) is 0 Å². The third kappa shape index (κ3) is 5.09. The lowest BCUT2D eigenvalue weighted by Gasteiger charge is -2.16. The molecule has 9 heteroatoms. The zero-order chi connectivity index (χ0) is 23.2. The van der Waals surface area contributed by atoms with Crippen molar-refractivity contribution in [3.63, 3.8) is 0 Å². The molecule has 1 amide bonds. The fourth-order valence-electron chi connectivity index (χ4n) is 3.40. The van der Waals surface area contributed by atoms with Crippen LogP contribution in [0.2, 0.25) is 0 Å². The summed E-state index contributed by atoms with van der Waals surface area (Å²) in [5.74, 6) is 2.07. The van der Waals surface area contributed by atoms with Crippen LogP contribution in [0.25, 0.3) is 17.1 Å². The van der Waals surface area contributed by atoms with Gasteiger partial charge >= 0.3 is 0 Å². The van der Waals surface area contributed by atoms with Crippen molar-refractivity contribution in [3.8, 4) is 22.8 Å². The van der Waals surface area contributed by atoms with Crippen molar-refractivity contribution in [1.82, 2.24) is 24.6 Å². The minimum absolute atomic E-state index is 0.0275. The van der Waals surface area contributed by atoms with Crippen LogP contribution in [0.4, 0.5) is 0 Å². The number of thiazole rings is 1. The van der Waals surface area contributed by atoms with Crippen LogP contribution < -0.4 is 4.74 Å². The Bertz CT molecular complexity index is 1220. The van der Waals surface area contributed by atoms with E-state index >= 15 is 0 Å². The summed E-state index contributed by atoms with van der Waals surface area (Å²) in [5.41, 5.74) is 2.39. The number of amides is 1. The summed E-state index contributed by atoms with van der Waals surface area (Å²) < 4.78 is 7.42. The summed E-state index contributed by atoms with van der Waals surface area (Å²) >= 11 is 3.04. The molecule has 33 heavy (non-hydrogen) atoms. The molecule has 0 spiro atoms. The first kappa shape index (κ1) is 23.0. The van der Waals surface area contributed by atoms with Gasteiger partial charge in [-0.15, -0.1) is 21.5 Å². The van der Waals surface area contributed by atoms with E-state index in [2.05, 4.69) is 15.2 Å². The number of carbonyl (C=O) groups is 1. The summed E-state index contributed by atoms with van der Waals surface area (Å²) in [6.45, 7) is 5.29. The van der Waals surface area contributed by atoms with E-state index in [1.807, 2.05) is 78.4 Å². The number of thioether (sulfide) groups is 1. The second-order valence-corrected chi connectivity index (χ2v) is 8.99. The van der Waals surface area contributed by atoms with Gasteiger partial charge in [0.05, 0.1) is 12.9 Å². The van der Waals surface area contributed by atoms with E-state index < -0.39 is 0 Å². The molecule has 7 nitrogen and oxygen atoms in total. The van der Waals surface area contributed by atoms with Crippen LogP contribution in [0.5, 0.6) is 5.75 Å². The monoisotopic (exact) mass is 479 g/mol. The number of benzene rings is 2. The molecular weight excluding hydrogens is 454 g/mol. The number of carbonyl (C=O) groups excluding carboxylic acids is 1. The van der Waals surface area contributed by atoms with Crippen molar-refractivity contribution >= 4 is 29.0 Å². The molecule has 2 aromatic heterocycles. The Morgan fingerprint density at radius 2 is 1.88 bits per heavy atom. The number of ether oxygens (including phenoxy) is 1. The van der Waals surface area contributed by atoms with E-state index in [1.54, 1.807) is 23.8 Å². The van der Waals surface area contributed by atoms with Crippen molar-refractivity contribution in [2.45, 2.75) is 24.8 Å². The van der Waals surface area contributed by atoms with Crippen LogP contribution >= 0.6 is 23.1 Å². The van der Waals surface area contributed by atoms with Crippen molar-refractivity contribution in [2.75, 3.05) is 20.2 Å². The third-order valence-electron chi connectivity index (χ3n) is 5.12. The molecule has 4 aromatic rings. The van der Waals surface area contributed by atoms with Gasteiger partial charge in [-0.2, -0.15) is 0 Å². The zero-order valence-electron chi connectivity index (χ0n) is 18.8. The van der Waals surface area contributed by atoms with E-state index in [1.165, 1.54) is 11.3 Å². The van der Waals surface area contributed by atoms with Crippen LogP contribution in [0.1, 0.15) is 29.3 Å². The quantitative estimate of drug-likeness (QED) is 0.308. The predicted molar refractivity (Wildman–Crippen MR) is 132 cm³/mol. The molecule has 170 valence electrons. The molecular formula is C24H25N5O2S2. The number of aromatic nitrogens is 4. The normalized spacial score (nSPS) is 10.9. The first-order chi connectivity index (χ1) is 16.1. The van der Waals surface area contributed by atoms with Gasteiger partial charge in [0, 0.05) is 29.7 Å². The molecule has 0 aliphatic heterocycles. The Morgan fingerprint density at radius 3 is 2.61 bits per heavy atom. The smallest absolute Gasteiger partial charge is 0.273 e. The Labute approximate surface area is 201 Å².